The van der Waals surface area contributed by atoms with Gasteiger partial charge in [-0.1, -0.05) is 32.0 Å². The summed E-state index contributed by atoms with van der Waals surface area (Å²) in [7, 11) is -3.93. The van der Waals surface area contributed by atoms with Crippen molar-refractivity contribution >= 4 is 21.6 Å². The zero-order valence-electron chi connectivity index (χ0n) is 15.4. The number of sulfonamides is 1. The van der Waals surface area contributed by atoms with Crippen molar-refractivity contribution in [1.82, 2.24) is 25.5 Å². The number of anilines is 1. The number of tetrazole rings is 1. The molecule has 10 heteroatoms. The summed E-state index contributed by atoms with van der Waals surface area (Å²) in [6.45, 7) is 4.45. The Morgan fingerprint density at radius 1 is 1.14 bits per heavy atom. The minimum atomic E-state index is -3.93. The number of amides is 1. The maximum Gasteiger partial charge on any atom is 0.261 e. The summed E-state index contributed by atoms with van der Waals surface area (Å²) in [5, 5.41) is 13.6. The Bertz CT molecular complexity index is 1060. The molecule has 0 spiro atoms. The monoisotopic (exact) mass is 400 g/mol. The molecule has 0 radical (unpaired) electrons. The third-order valence-electron chi connectivity index (χ3n) is 3.83. The molecule has 0 aliphatic rings. The summed E-state index contributed by atoms with van der Waals surface area (Å²) in [5.41, 5.74) is 0.954. The van der Waals surface area contributed by atoms with Crippen LogP contribution >= 0.6 is 0 Å². The van der Waals surface area contributed by atoms with E-state index in [1.54, 1.807) is 36.4 Å². The first-order valence-corrected chi connectivity index (χ1v) is 10.1. The van der Waals surface area contributed by atoms with E-state index in [4.69, 9.17) is 0 Å². The summed E-state index contributed by atoms with van der Waals surface area (Å²) >= 11 is 0. The maximum atomic E-state index is 12.9. The van der Waals surface area contributed by atoms with Crippen LogP contribution in [0.25, 0.3) is 5.69 Å². The highest BCUT2D eigenvalue weighted by molar-refractivity contribution is 7.92. The van der Waals surface area contributed by atoms with Gasteiger partial charge in [0.2, 0.25) is 0 Å². The normalized spacial score (nSPS) is 11.4. The van der Waals surface area contributed by atoms with Gasteiger partial charge in [0.1, 0.15) is 6.33 Å². The molecule has 1 aromatic heterocycles. The topological polar surface area (TPSA) is 119 Å². The molecule has 3 aromatic rings. The van der Waals surface area contributed by atoms with Crippen LogP contribution in [0, 0.1) is 5.92 Å². The number of carbonyl (C=O) groups is 1. The van der Waals surface area contributed by atoms with E-state index in [1.807, 2.05) is 13.8 Å². The Labute approximate surface area is 162 Å². The fourth-order valence-corrected chi connectivity index (χ4v) is 3.56. The zero-order chi connectivity index (χ0) is 20.1. The van der Waals surface area contributed by atoms with Crippen molar-refractivity contribution in [3.05, 3.63) is 60.4 Å². The van der Waals surface area contributed by atoms with E-state index < -0.39 is 10.0 Å². The van der Waals surface area contributed by atoms with Crippen LogP contribution in [0.3, 0.4) is 0 Å². The summed E-state index contributed by atoms with van der Waals surface area (Å²) in [5.74, 6) is -0.0590. The first kappa shape index (κ1) is 19.5. The van der Waals surface area contributed by atoms with E-state index in [-0.39, 0.29) is 28.0 Å². The molecule has 0 aliphatic heterocycles. The zero-order valence-corrected chi connectivity index (χ0v) is 16.2. The Morgan fingerprint density at radius 3 is 2.64 bits per heavy atom. The smallest absolute Gasteiger partial charge is 0.261 e. The van der Waals surface area contributed by atoms with Gasteiger partial charge in [-0.15, -0.1) is 5.10 Å². The summed E-state index contributed by atoms with van der Waals surface area (Å²) < 4.78 is 29.6. The number of nitrogens with zero attached hydrogens (tertiary/aromatic N) is 4. The third kappa shape index (κ3) is 4.52. The number of aromatic nitrogens is 4. The van der Waals surface area contributed by atoms with Crippen molar-refractivity contribution in [3.63, 3.8) is 0 Å². The second-order valence-electron chi connectivity index (χ2n) is 6.51. The lowest BCUT2D eigenvalue weighted by atomic mass is 10.1. The fourth-order valence-electron chi connectivity index (χ4n) is 2.44. The molecule has 1 heterocycles. The minimum absolute atomic E-state index is 0.0258. The minimum Gasteiger partial charge on any atom is -0.352 e. The quantitative estimate of drug-likeness (QED) is 0.625. The Kier molecular flexibility index (Phi) is 5.69. The van der Waals surface area contributed by atoms with E-state index in [0.717, 1.165) is 0 Å². The Hall–Kier alpha value is -3.27. The third-order valence-corrected chi connectivity index (χ3v) is 5.19. The molecule has 2 N–H and O–H groups in total. The lowest BCUT2D eigenvalue weighted by Crippen LogP contribution is -2.28. The van der Waals surface area contributed by atoms with Crippen molar-refractivity contribution in [3.8, 4) is 5.69 Å². The predicted octanol–water partition coefficient (Wildman–Crippen LogP) is 1.85. The highest BCUT2D eigenvalue weighted by Gasteiger charge is 2.19. The van der Waals surface area contributed by atoms with Gasteiger partial charge < -0.3 is 5.32 Å². The summed E-state index contributed by atoms with van der Waals surface area (Å²) in [6, 6.07) is 12.6. The molecule has 0 atom stereocenters. The van der Waals surface area contributed by atoms with Crippen LogP contribution in [-0.4, -0.2) is 41.1 Å². The van der Waals surface area contributed by atoms with Gasteiger partial charge in [-0.25, -0.2) is 13.1 Å². The molecule has 1 amide bonds. The number of benzene rings is 2. The number of hydrogen-bond donors (Lipinski definition) is 2. The standard InChI is InChI=1S/C18H20N6O3S/c1-13(2)11-19-18(25)16-8-3-4-9-17(16)21-28(26,27)15-7-5-6-14(10-15)24-12-20-22-23-24/h3-10,12-13,21H,11H2,1-2H3,(H,19,25). The van der Waals surface area contributed by atoms with Crippen molar-refractivity contribution in [2.75, 3.05) is 11.3 Å². The number of rotatable bonds is 7. The van der Waals surface area contributed by atoms with Gasteiger partial charge in [0, 0.05) is 6.54 Å². The van der Waals surface area contributed by atoms with Gasteiger partial charge in [-0.05, 0) is 46.7 Å². The van der Waals surface area contributed by atoms with Crippen LogP contribution in [0.2, 0.25) is 0 Å². The van der Waals surface area contributed by atoms with Gasteiger partial charge in [-0.2, -0.15) is 0 Å². The molecular weight excluding hydrogens is 380 g/mol. The average molecular weight is 400 g/mol. The molecule has 0 bridgehead atoms. The second kappa shape index (κ2) is 8.17. The first-order valence-electron chi connectivity index (χ1n) is 8.60. The van der Waals surface area contributed by atoms with E-state index in [1.165, 1.54) is 23.1 Å². The van der Waals surface area contributed by atoms with Gasteiger partial charge in [0.25, 0.3) is 15.9 Å². The highest BCUT2D eigenvalue weighted by Crippen LogP contribution is 2.21. The van der Waals surface area contributed by atoms with Crippen molar-refractivity contribution < 1.29 is 13.2 Å². The molecule has 28 heavy (non-hydrogen) atoms. The van der Waals surface area contributed by atoms with Crippen molar-refractivity contribution in [2.45, 2.75) is 18.7 Å². The molecular formula is C18H20N6O3S. The highest BCUT2D eigenvalue weighted by atomic mass is 32.2. The van der Waals surface area contributed by atoms with E-state index in [0.29, 0.717) is 12.2 Å². The van der Waals surface area contributed by atoms with Gasteiger partial charge >= 0.3 is 0 Å². The lowest BCUT2D eigenvalue weighted by Gasteiger charge is -2.14. The van der Waals surface area contributed by atoms with Gasteiger partial charge in [0.05, 0.1) is 21.8 Å². The van der Waals surface area contributed by atoms with E-state index in [2.05, 4.69) is 25.6 Å². The van der Waals surface area contributed by atoms with Crippen LogP contribution in [0.15, 0.2) is 59.8 Å². The first-order chi connectivity index (χ1) is 13.4. The SMILES string of the molecule is CC(C)CNC(=O)c1ccccc1NS(=O)(=O)c1cccc(-n2cnnn2)c1. The number of hydrogen-bond acceptors (Lipinski definition) is 6. The van der Waals surface area contributed by atoms with Crippen LogP contribution in [0.4, 0.5) is 5.69 Å². The number of nitrogens with one attached hydrogen (secondary N) is 2. The van der Waals surface area contributed by atoms with Gasteiger partial charge in [0.15, 0.2) is 0 Å². The van der Waals surface area contributed by atoms with Crippen molar-refractivity contribution in [1.29, 1.82) is 0 Å². The van der Waals surface area contributed by atoms with E-state index in [9.17, 15) is 13.2 Å². The maximum absolute atomic E-state index is 12.9. The molecule has 2 aromatic carbocycles. The Morgan fingerprint density at radius 2 is 1.93 bits per heavy atom. The molecule has 0 saturated heterocycles. The molecule has 9 nitrogen and oxygen atoms in total. The fraction of sp³-hybridized carbons (Fsp3) is 0.222. The largest absolute Gasteiger partial charge is 0.352 e. The average Bonchev–Trinajstić information content (AvgIpc) is 3.21. The molecule has 0 fully saturated rings. The van der Waals surface area contributed by atoms with Crippen molar-refractivity contribution in [2.24, 2.45) is 5.92 Å². The lowest BCUT2D eigenvalue weighted by molar-refractivity contribution is 0.0950. The molecule has 3 rings (SSSR count). The van der Waals surface area contributed by atoms with Gasteiger partial charge in [-0.3, -0.25) is 9.52 Å². The number of para-hydroxylation sites is 1. The molecule has 0 saturated carbocycles. The van der Waals surface area contributed by atoms with Crippen LogP contribution in [-0.2, 0) is 10.0 Å². The van der Waals surface area contributed by atoms with Crippen LogP contribution in [0.5, 0.6) is 0 Å². The number of carbonyl (C=O) groups excluding carboxylic acids is 1. The molecule has 0 unspecified atom stereocenters. The second-order valence-corrected chi connectivity index (χ2v) is 8.19. The molecule has 0 aliphatic carbocycles. The summed E-state index contributed by atoms with van der Waals surface area (Å²) in [6.07, 6.45) is 1.37. The predicted molar refractivity (Wildman–Crippen MR) is 104 cm³/mol. The van der Waals surface area contributed by atoms with Crippen LogP contribution < -0.4 is 10.0 Å². The molecule has 146 valence electrons. The Balaban J connectivity index is 1.88. The summed E-state index contributed by atoms with van der Waals surface area (Å²) in [4.78, 5) is 12.5. The van der Waals surface area contributed by atoms with Crippen LogP contribution in [0.1, 0.15) is 24.2 Å². The van der Waals surface area contributed by atoms with E-state index >= 15 is 0 Å².